The van der Waals surface area contributed by atoms with E-state index >= 15 is 0 Å². The number of benzene rings is 1. The summed E-state index contributed by atoms with van der Waals surface area (Å²) in [5.41, 5.74) is 2.49. The maximum absolute atomic E-state index is 12.3. The number of rotatable bonds is 4. The number of ether oxygens (including phenoxy) is 1. The van der Waals surface area contributed by atoms with Gasteiger partial charge in [-0.25, -0.2) is 4.79 Å². The number of hydrogen-bond donors (Lipinski definition) is 1. The van der Waals surface area contributed by atoms with E-state index in [-0.39, 0.29) is 17.9 Å². The van der Waals surface area contributed by atoms with Crippen molar-refractivity contribution in [3.8, 4) is 11.6 Å². The monoisotopic (exact) mass is 365 g/mol. The van der Waals surface area contributed by atoms with Crippen LogP contribution in [-0.4, -0.2) is 21.1 Å². The van der Waals surface area contributed by atoms with Crippen LogP contribution in [0.5, 0.6) is 0 Å². The summed E-state index contributed by atoms with van der Waals surface area (Å²) >= 11 is 0. The van der Waals surface area contributed by atoms with Crippen LogP contribution in [0.2, 0.25) is 0 Å². The van der Waals surface area contributed by atoms with Gasteiger partial charge in [0.1, 0.15) is 5.69 Å². The Morgan fingerprint density at radius 3 is 2.81 bits per heavy atom. The Hall–Kier alpha value is -3.35. The molecule has 3 aromatic heterocycles. The Morgan fingerprint density at radius 1 is 1.22 bits per heavy atom. The Morgan fingerprint density at radius 2 is 2.07 bits per heavy atom. The van der Waals surface area contributed by atoms with Crippen molar-refractivity contribution in [1.82, 2.24) is 15.1 Å². The second-order valence-electron chi connectivity index (χ2n) is 7.30. The molecule has 4 rings (SSSR count). The van der Waals surface area contributed by atoms with Crippen molar-refractivity contribution in [2.24, 2.45) is 0 Å². The largest absolute Gasteiger partial charge is 0.461 e. The fraction of sp³-hybridized carbons (Fsp3) is 0.250. The van der Waals surface area contributed by atoms with Crippen molar-refractivity contribution in [3.63, 3.8) is 0 Å². The number of hydrogen-bond acceptors (Lipinski definition) is 6. The van der Waals surface area contributed by atoms with E-state index in [2.05, 4.69) is 48.0 Å². The summed E-state index contributed by atoms with van der Waals surface area (Å²) < 4.78 is 15.6. The SMILES string of the molecule is CC(C)(C)c1ccc2cc(C(=O)OCc3nc(-c4ccco4)no3)[nH]c2c1. The van der Waals surface area contributed by atoms with E-state index in [1.54, 1.807) is 18.2 Å². The average molecular weight is 365 g/mol. The van der Waals surface area contributed by atoms with E-state index in [9.17, 15) is 4.79 Å². The van der Waals surface area contributed by atoms with Crippen molar-refractivity contribution in [2.75, 3.05) is 0 Å². The highest BCUT2D eigenvalue weighted by atomic mass is 16.6. The topological polar surface area (TPSA) is 94.2 Å². The van der Waals surface area contributed by atoms with Crippen molar-refractivity contribution in [2.45, 2.75) is 32.8 Å². The van der Waals surface area contributed by atoms with Crippen LogP contribution in [0.1, 0.15) is 42.7 Å². The first-order chi connectivity index (χ1) is 12.9. The van der Waals surface area contributed by atoms with Crippen LogP contribution in [0, 0.1) is 0 Å². The van der Waals surface area contributed by atoms with Crippen molar-refractivity contribution in [1.29, 1.82) is 0 Å². The molecule has 7 heteroatoms. The maximum atomic E-state index is 12.3. The van der Waals surface area contributed by atoms with Crippen molar-refractivity contribution in [3.05, 3.63) is 59.8 Å². The first-order valence-corrected chi connectivity index (χ1v) is 8.57. The molecule has 0 unspecified atom stereocenters. The number of aromatic nitrogens is 3. The van der Waals surface area contributed by atoms with Gasteiger partial charge in [0, 0.05) is 10.9 Å². The molecule has 138 valence electrons. The molecule has 0 saturated carbocycles. The second-order valence-corrected chi connectivity index (χ2v) is 7.30. The highest BCUT2D eigenvalue weighted by Gasteiger charge is 2.17. The van der Waals surface area contributed by atoms with Gasteiger partial charge >= 0.3 is 5.97 Å². The lowest BCUT2D eigenvalue weighted by Gasteiger charge is -2.18. The number of fused-ring (bicyclic) bond motifs is 1. The summed E-state index contributed by atoms with van der Waals surface area (Å²) in [5.74, 6) is 0.509. The highest BCUT2D eigenvalue weighted by Crippen LogP contribution is 2.26. The molecule has 0 aliphatic heterocycles. The van der Waals surface area contributed by atoms with Crippen LogP contribution in [0.4, 0.5) is 0 Å². The van der Waals surface area contributed by atoms with E-state index < -0.39 is 5.97 Å². The van der Waals surface area contributed by atoms with Gasteiger partial charge in [0.2, 0.25) is 5.82 Å². The van der Waals surface area contributed by atoms with Gasteiger partial charge in [0.05, 0.1) is 6.26 Å². The van der Waals surface area contributed by atoms with Crippen molar-refractivity contribution < 1.29 is 18.5 Å². The molecule has 0 aliphatic rings. The Balaban J connectivity index is 1.47. The zero-order valence-corrected chi connectivity index (χ0v) is 15.3. The van der Waals surface area contributed by atoms with Crippen molar-refractivity contribution >= 4 is 16.9 Å². The first kappa shape index (κ1) is 17.1. The molecular formula is C20H19N3O4. The molecule has 0 amide bonds. The number of H-pyrrole nitrogens is 1. The van der Waals surface area contributed by atoms with E-state index in [0.717, 1.165) is 10.9 Å². The summed E-state index contributed by atoms with van der Waals surface area (Å²) in [4.78, 5) is 19.6. The van der Waals surface area contributed by atoms with Gasteiger partial charge in [0.15, 0.2) is 12.4 Å². The van der Waals surface area contributed by atoms with Crippen LogP contribution in [-0.2, 0) is 16.8 Å². The molecule has 0 atom stereocenters. The third-order valence-corrected chi connectivity index (χ3v) is 4.24. The zero-order chi connectivity index (χ0) is 19.0. The standard InChI is InChI=1S/C20H19N3O4/c1-20(2,3)13-7-6-12-9-15(21-14(12)10-13)19(24)26-11-17-22-18(23-27-17)16-5-4-8-25-16/h4-10,21H,11H2,1-3H3. The fourth-order valence-electron chi connectivity index (χ4n) is 2.73. The lowest BCUT2D eigenvalue weighted by Crippen LogP contribution is -2.10. The summed E-state index contributed by atoms with van der Waals surface area (Å²) in [6, 6.07) is 11.3. The third kappa shape index (κ3) is 3.48. The third-order valence-electron chi connectivity index (χ3n) is 4.24. The number of esters is 1. The van der Waals surface area contributed by atoms with E-state index in [1.165, 1.54) is 11.8 Å². The molecular weight excluding hydrogens is 346 g/mol. The first-order valence-electron chi connectivity index (χ1n) is 8.57. The molecule has 7 nitrogen and oxygen atoms in total. The Kier molecular flexibility index (Phi) is 4.07. The highest BCUT2D eigenvalue weighted by molar-refractivity contribution is 5.95. The predicted octanol–water partition coefficient (Wildman–Crippen LogP) is 4.47. The smallest absolute Gasteiger partial charge is 0.355 e. The van der Waals surface area contributed by atoms with E-state index in [0.29, 0.717) is 17.3 Å². The van der Waals surface area contributed by atoms with E-state index in [1.807, 2.05) is 6.07 Å². The van der Waals surface area contributed by atoms with Gasteiger partial charge in [-0.15, -0.1) is 0 Å². The molecule has 1 aromatic carbocycles. The molecule has 0 spiro atoms. The summed E-state index contributed by atoms with van der Waals surface area (Å²) in [6.07, 6.45) is 1.52. The van der Waals surface area contributed by atoms with Gasteiger partial charge in [-0.3, -0.25) is 0 Å². The lowest BCUT2D eigenvalue weighted by atomic mass is 9.87. The number of carbonyl (C=O) groups is 1. The average Bonchev–Trinajstić information content (AvgIpc) is 3.37. The van der Waals surface area contributed by atoms with Crippen LogP contribution in [0.25, 0.3) is 22.5 Å². The molecule has 0 radical (unpaired) electrons. The maximum Gasteiger partial charge on any atom is 0.355 e. The second kappa shape index (κ2) is 6.42. The number of carbonyl (C=O) groups excluding carboxylic acids is 1. The molecule has 0 aliphatic carbocycles. The number of nitrogens with zero attached hydrogens (tertiary/aromatic N) is 2. The molecule has 4 aromatic rings. The molecule has 0 bridgehead atoms. The fourth-order valence-corrected chi connectivity index (χ4v) is 2.73. The minimum atomic E-state index is -0.485. The molecule has 3 heterocycles. The molecule has 0 fully saturated rings. The normalized spacial score (nSPS) is 11.8. The summed E-state index contributed by atoms with van der Waals surface area (Å²) in [5, 5.41) is 4.75. The number of aromatic amines is 1. The van der Waals surface area contributed by atoms with Crippen LogP contribution < -0.4 is 0 Å². The van der Waals surface area contributed by atoms with Crippen LogP contribution >= 0.6 is 0 Å². The minimum absolute atomic E-state index is 0.0314. The lowest BCUT2D eigenvalue weighted by molar-refractivity contribution is 0.0424. The molecule has 0 saturated heterocycles. The quantitative estimate of drug-likeness (QED) is 0.536. The Bertz CT molecular complexity index is 1080. The van der Waals surface area contributed by atoms with Gasteiger partial charge < -0.3 is 18.7 Å². The summed E-state index contributed by atoms with van der Waals surface area (Å²) in [6.45, 7) is 6.32. The predicted molar refractivity (Wildman–Crippen MR) is 98.1 cm³/mol. The van der Waals surface area contributed by atoms with Gasteiger partial charge in [-0.2, -0.15) is 4.98 Å². The summed E-state index contributed by atoms with van der Waals surface area (Å²) in [7, 11) is 0. The van der Waals surface area contributed by atoms with Gasteiger partial charge in [0.25, 0.3) is 5.89 Å². The number of nitrogens with one attached hydrogen (secondary N) is 1. The molecule has 27 heavy (non-hydrogen) atoms. The van der Waals surface area contributed by atoms with Crippen LogP contribution in [0.3, 0.4) is 0 Å². The van der Waals surface area contributed by atoms with Gasteiger partial charge in [-0.1, -0.05) is 38.1 Å². The zero-order valence-electron chi connectivity index (χ0n) is 15.3. The molecule has 1 N–H and O–H groups in total. The van der Waals surface area contributed by atoms with Gasteiger partial charge in [-0.05, 0) is 35.2 Å². The number of furan rings is 1. The van der Waals surface area contributed by atoms with Crippen LogP contribution in [0.15, 0.2) is 51.6 Å². The minimum Gasteiger partial charge on any atom is -0.461 e. The van der Waals surface area contributed by atoms with E-state index in [4.69, 9.17) is 13.7 Å². The Labute approximate surface area is 155 Å².